The molecular weight excluding hydrogens is 346 g/mol. The number of carbonyl (C=O) groups excluding carboxylic acids is 1. The molecule has 4 heteroatoms. The monoisotopic (exact) mass is 383 g/mol. The highest BCUT2D eigenvalue weighted by Gasteiger charge is 2.64. The first-order valence-corrected chi connectivity index (χ1v) is 11.2. The summed E-state index contributed by atoms with van der Waals surface area (Å²) in [5, 5.41) is 7.05. The van der Waals surface area contributed by atoms with Gasteiger partial charge in [0.05, 0.1) is 0 Å². The van der Waals surface area contributed by atoms with E-state index in [1.165, 1.54) is 12.1 Å². The highest BCUT2D eigenvalue weighted by molar-refractivity contribution is 5.87. The topological polar surface area (TPSA) is 44.4 Å². The summed E-state index contributed by atoms with van der Waals surface area (Å²) >= 11 is 0. The number of benzene rings is 1. The summed E-state index contributed by atoms with van der Waals surface area (Å²) < 4.78 is 0. The zero-order chi connectivity index (χ0) is 19.9. The average Bonchev–Trinajstić information content (AvgIpc) is 2.95. The second kappa shape index (κ2) is 7.79. The van der Waals surface area contributed by atoms with E-state index in [0.717, 1.165) is 32.5 Å². The summed E-state index contributed by atoms with van der Waals surface area (Å²) in [6.07, 6.45) is 1.97. The van der Waals surface area contributed by atoms with Crippen molar-refractivity contribution >= 4 is 5.91 Å². The molecule has 4 nitrogen and oxygen atoms in total. The number of nitrogens with zero attached hydrogens (tertiary/aromatic N) is 1. The van der Waals surface area contributed by atoms with Crippen LogP contribution < -0.4 is 10.6 Å². The lowest BCUT2D eigenvalue weighted by Crippen LogP contribution is -2.74. The van der Waals surface area contributed by atoms with Crippen LogP contribution in [0, 0.1) is 29.6 Å². The maximum Gasteiger partial charge on any atom is 0.240 e. The Hall–Kier alpha value is -1.39. The Morgan fingerprint density at radius 1 is 1.21 bits per heavy atom. The second-order valence-corrected chi connectivity index (χ2v) is 10.2. The Morgan fingerprint density at radius 2 is 1.96 bits per heavy atom. The molecule has 1 aromatic rings. The molecule has 4 bridgehead atoms. The Kier molecular flexibility index (Phi) is 5.54. The molecule has 1 saturated carbocycles. The number of piperidine rings is 2. The van der Waals surface area contributed by atoms with Gasteiger partial charge in [-0.05, 0) is 42.1 Å². The second-order valence-electron chi connectivity index (χ2n) is 10.2. The normalized spacial score (nSPS) is 34.4. The molecule has 3 heterocycles. The van der Waals surface area contributed by atoms with Gasteiger partial charge in [-0.3, -0.25) is 9.69 Å². The first-order chi connectivity index (χ1) is 13.4. The summed E-state index contributed by atoms with van der Waals surface area (Å²) in [5.41, 5.74) is 0.936. The molecule has 0 spiro atoms. The van der Waals surface area contributed by atoms with Crippen molar-refractivity contribution in [2.75, 3.05) is 26.2 Å². The van der Waals surface area contributed by atoms with E-state index in [4.69, 9.17) is 0 Å². The third-order valence-electron chi connectivity index (χ3n) is 7.19. The molecule has 1 aromatic carbocycles. The Balaban J connectivity index is 1.66. The molecule has 1 aliphatic carbocycles. The van der Waals surface area contributed by atoms with Crippen molar-refractivity contribution in [2.45, 2.75) is 52.1 Å². The fraction of sp³-hybridized carbons (Fsp3) is 0.708. The summed E-state index contributed by atoms with van der Waals surface area (Å²) in [7, 11) is 0. The van der Waals surface area contributed by atoms with Crippen LogP contribution in [0.2, 0.25) is 0 Å². The van der Waals surface area contributed by atoms with Crippen LogP contribution in [0.25, 0.3) is 0 Å². The largest absolute Gasteiger partial charge is 0.354 e. The van der Waals surface area contributed by atoms with E-state index in [1.807, 2.05) is 0 Å². The highest BCUT2D eigenvalue weighted by Crippen LogP contribution is 2.52. The number of nitrogens with one attached hydrogen (secondary N) is 2. The molecule has 1 amide bonds. The van der Waals surface area contributed by atoms with Crippen molar-refractivity contribution in [2.24, 2.45) is 29.6 Å². The molecule has 5 rings (SSSR count). The third kappa shape index (κ3) is 3.50. The smallest absolute Gasteiger partial charge is 0.240 e. The van der Waals surface area contributed by atoms with Crippen molar-refractivity contribution in [1.29, 1.82) is 0 Å². The first kappa shape index (κ1) is 19.9. The fourth-order valence-electron chi connectivity index (χ4n) is 6.15. The molecule has 5 atom stereocenters. The van der Waals surface area contributed by atoms with Crippen LogP contribution in [0.1, 0.15) is 39.7 Å². The molecule has 0 unspecified atom stereocenters. The van der Waals surface area contributed by atoms with Crippen LogP contribution in [0.3, 0.4) is 0 Å². The van der Waals surface area contributed by atoms with E-state index in [1.54, 1.807) is 0 Å². The molecule has 0 radical (unpaired) electrons. The lowest BCUT2D eigenvalue weighted by molar-refractivity contribution is -0.138. The molecule has 28 heavy (non-hydrogen) atoms. The fourth-order valence-corrected chi connectivity index (χ4v) is 6.15. The van der Waals surface area contributed by atoms with Crippen molar-refractivity contribution in [3.8, 4) is 0 Å². The van der Waals surface area contributed by atoms with Gasteiger partial charge in [-0.1, -0.05) is 58.0 Å². The number of fused-ring (bicyclic) bond motifs is 1. The van der Waals surface area contributed by atoms with Gasteiger partial charge in [-0.2, -0.15) is 0 Å². The van der Waals surface area contributed by atoms with Gasteiger partial charge in [0.2, 0.25) is 5.91 Å². The van der Waals surface area contributed by atoms with Gasteiger partial charge < -0.3 is 10.6 Å². The molecular formula is C24H37N3O. The standard InChI is InChI=1S/C24H37N3O/c1-16(2)12-25-23(28)24-11-19-15-27(14-17(3)4)22(20(19)13-26-24)21(24)10-18-8-6-5-7-9-18/h5-9,16-17,19-22,26H,10-15H2,1-4H3,(H,25,28)/t19-,20-,21-,22+,24+/m1/s1. The summed E-state index contributed by atoms with van der Waals surface area (Å²) in [6.45, 7) is 13.0. The summed E-state index contributed by atoms with van der Waals surface area (Å²) in [5.74, 6) is 3.05. The van der Waals surface area contributed by atoms with E-state index < -0.39 is 5.54 Å². The van der Waals surface area contributed by atoms with Crippen LogP contribution in [-0.2, 0) is 11.2 Å². The number of hydrogen-bond acceptors (Lipinski definition) is 3. The van der Waals surface area contributed by atoms with E-state index in [0.29, 0.717) is 35.6 Å². The van der Waals surface area contributed by atoms with Crippen LogP contribution in [0.5, 0.6) is 0 Å². The number of amides is 1. The summed E-state index contributed by atoms with van der Waals surface area (Å²) in [4.78, 5) is 16.3. The predicted octanol–water partition coefficient (Wildman–Crippen LogP) is 2.94. The van der Waals surface area contributed by atoms with Crippen molar-refractivity contribution < 1.29 is 4.79 Å². The van der Waals surface area contributed by atoms with Crippen LogP contribution in [0.15, 0.2) is 30.3 Å². The van der Waals surface area contributed by atoms with Gasteiger partial charge >= 0.3 is 0 Å². The van der Waals surface area contributed by atoms with Gasteiger partial charge in [0.25, 0.3) is 0 Å². The minimum atomic E-state index is -0.416. The van der Waals surface area contributed by atoms with Crippen molar-refractivity contribution in [1.82, 2.24) is 15.5 Å². The summed E-state index contributed by atoms with van der Waals surface area (Å²) in [6, 6.07) is 11.3. The molecule has 4 fully saturated rings. The minimum absolute atomic E-state index is 0.238. The van der Waals surface area contributed by atoms with Gasteiger partial charge in [0.1, 0.15) is 5.54 Å². The van der Waals surface area contributed by atoms with Crippen LogP contribution in [0.4, 0.5) is 0 Å². The number of rotatable bonds is 7. The molecule has 154 valence electrons. The minimum Gasteiger partial charge on any atom is -0.354 e. The molecule has 4 aliphatic rings. The predicted molar refractivity (Wildman–Crippen MR) is 114 cm³/mol. The zero-order valence-corrected chi connectivity index (χ0v) is 17.9. The Labute approximate surface area is 170 Å². The lowest BCUT2D eigenvalue weighted by Gasteiger charge is -2.56. The maximum absolute atomic E-state index is 13.5. The van der Waals surface area contributed by atoms with Gasteiger partial charge in [-0.25, -0.2) is 0 Å². The highest BCUT2D eigenvalue weighted by atomic mass is 16.2. The van der Waals surface area contributed by atoms with E-state index in [9.17, 15) is 4.79 Å². The van der Waals surface area contributed by atoms with Crippen LogP contribution in [-0.4, -0.2) is 48.6 Å². The van der Waals surface area contributed by atoms with Crippen LogP contribution >= 0.6 is 0 Å². The van der Waals surface area contributed by atoms with Gasteiger partial charge in [-0.15, -0.1) is 0 Å². The van der Waals surface area contributed by atoms with Crippen molar-refractivity contribution in [3.63, 3.8) is 0 Å². The first-order valence-electron chi connectivity index (χ1n) is 11.2. The number of carbonyl (C=O) groups is 1. The van der Waals surface area contributed by atoms with E-state index in [-0.39, 0.29) is 5.91 Å². The molecule has 0 aromatic heterocycles. The third-order valence-corrected chi connectivity index (χ3v) is 7.19. The lowest BCUT2D eigenvalue weighted by atomic mass is 9.58. The molecule has 3 saturated heterocycles. The van der Waals surface area contributed by atoms with E-state index in [2.05, 4.69) is 73.6 Å². The molecule has 2 N–H and O–H groups in total. The van der Waals surface area contributed by atoms with Gasteiger partial charge in [0.15, 0.2) is 0 Å². The number of hydrogen-bond donors (Lipinski definition) is 2. The Bertz CT molecular complexity index is 688. The average molecular weight is 384 g/mol. The van der Waals surface area contributed by atoms with Gasteiger partial charge in [0, 0.05) is 38.1 Å². The van der Waals surface area contributed by atoms with Crippen molar-refractivity contribution in [3.05, 3.63) is 35.9 Å². The molecule has 3 aliphatic heterocycles. The quantitative estimate of drug-likeness (QED) is 0.761. The zero-order valence-electron chi connectivity index (χ0n) is 17.9. The SMILES string of the molecule is CC(C)CNC(=O)[C@@]12C[C@@H]3CN(CC(C)C)[C@@H]([C@@H]3CN1)[C@H]2Cc1ccccc1. The maximum atomic E-state index is 13.5. The number of likely N-dealkylation sites (tertiary alicyclic amines) is 1. The Morgan fingerprint density at radius 3 is 2.64 bits per heavy atom. The van der Waals surface area contributed by atoms with E-state index >= 15 is 0 Å².